The van der Waals surface area contributed by atoms with Gasteiger partial charge in [0.2, 0.25) is 0 Å². The monoisotopic (exact) mass is 313 g/mol. The van der Waals surface area contributed by atoms with E-state index in [1.807, 2.05) is 36.4 Å². The Morgan fingerprint density at radius 3 is 2.25 bits per heavy atom. The molecule has 0 aliphatic carbocycles. The molecule has 1 aliphatic heterocycles. The average molecular weight is 313 g/mol. The van der Waals surface area contributed by atoms with Crippen LogP contribution in [0.3, 0.4) is 0 Å². The average Bonchev–Trinajstić information content (AvgIpc) is 2.79. The van der Waals surface area contributed by atoms with E-state index in [1.165, 1.54) is 11.3 Å². The van der Waals surface area contributed by atoms with Crippen LogP contribution in [0.5, 0.6) is 11.5 Å². The van der Waals surface area contributed by atoms with E-state index in [1.54, 1.807) is 0 Å². The Hall–Kier alpha value is -3.00. The van der Waals surface area contributed by atoms with E-state index >= 15 is 0 Å². The molecule has 1 heterocycles. The van der Waals surface area contributed by atoms with Crippen molar-refractivity contribution in [1.82, 2.24) is 0 Å². The van der Waals surface area contributed by atoms with E-state index in [0.29, 0.717) is 0 Å². The minimum Gasteiger partial charge on any atom is -0.456 e. The van der Waals surface area contributed by atoms with Gasteiger partial charge in [0, 0.05) is 30.4 Å². The third-order valence-electron chi connectivity index (χ3n) is 4.31. The fraction of sp³-hybridized carbons (Fsp3) is 0.0909. The summed E-state index contributed by atoms with van der Waals surface area (Å²) in [6, 6.07) is 26.9. The van der Waals surface area contributed by atoms with E-state index in [4.69, 9.17) is 4.74 Å². The Morgan fingerprint density at radius 1 is 0.750 bits per heavy atom. The topological polar surface area (TPSA) is 12.5 Å². The van der Waals surface area contributed by atoms with Crippen molar-refractivity contribution in [2.45, 2.75) is 0 Å². The van der Waals surface area contributed by atoms with Gasteiger partial charge in [0.25, 0.3) is 0 Å². The molecule has 0 spiro atoms. The van der Waals surface area contributed by atoms with Gasteiger partial charge in [-0.25, -0.2) is 0 Å². The summed E-state index contributed by atoms with van der Waals surface area (Å²) in [5.41, 5.74) is 4.72. The van der Waals surface area contributed by atoms with Gasteiger partial charge in [-0.1, -0.05) is 54.6 Å². The first kappa shape index (κ1) is 14.6. The molecule has 0 bridgehead atoms. The Balaban J connectivity index is 1.76. The highest BCUT2D eigenvalue weighted by atomic mass is 16.5. The standard InChI is InChI=1S/C22H19NO/c1-23(19-10-3-2-4-11-19)16-18-15-17-9-5-7-13-21(17)24-22-14-8-6-12-20(18)22/h2-15H,16H2,1H3. The van der Waals surface area contributed by atoms with Gasteiger partial charge < -0.3 is 9.64 Å². The smallest absolute Gasteiger partial charge is 0.135 e. The van der Waals surface area contributed by atoms with Gasteiger partial charge in [0.1, 0.15) is 11.5 Å². The summed E-state index contributed by atoms with van der Waals surface area (Å²) in [6.45, 7) is 0.818. The molecule has 0 unspecified atom stereocenters. The van der Waals surface area contributed by atoms with Crippen molar-refractivity contribution >= 4 is 17.3 Å². The van der Waals surface area contributed by atoms with Crippen molar-refractivity contribution in [3.05, 3.63) is 90.0 Å². The van der Waals surface area contributed by atoms with Gasteiger partial charge in [-0.3, -0.25) is 0 Å². The molecule has 3 aromatic carbocycles. The molecule has 0 N–H and O–H groups in total. The molecular weight excluding hydrogens is 294 g/mol. The van der Waals surface area contributed by atoms with Crippen LogP contribution in [0.15, 0.2) is 78.9 Å². The predicted octanol–water partition coefficient (Wildman–Crippen LogP) is 5.47. The van der Waals surface area contributed by atoms with E-state index in [-0.39, 0.29) is 0 Å². The van der Waals surface area contributed by atoms with Gasteiger partial charge >= 0.3 is 0 Å². The molecule has 4 rings (SSSR count). The van der Waals surface area contributed by atoms with Crippen molar-refractivity contribution < 1.29 is 4.74 Å². The molecule has 2 nitrogen and oxygen atoms in total. The lowest BCUT2D eigenvalue weighted by Gasteiger charge is -2.21. The Morgan fingerprint density at radius 2 is 1.42 bits per heavy atom. The number of hydrogen-bond donors (Lipinski definition) is 0. The van der Waals surface area contributed by atoms with Gasteiger partial charge in [0.15, 0.2) is 0 Å². The number of benzene rings is 3. The second-order valence-electron chi connectivity index (χ2n) is 6.00. The summed E-state index contributed by atoms with van der Waals surface area (Å²) in [5, 5.41) is 0. The largest absolute Gasteiger partial charge is 0.456 e. The van der Waals surface area contributed by atoms with E-state index in [2.05, 4.69) is 60.5 Å². The lowest BCUT2D eigenvalue weighted by molar-refractivity contribution is 0.481. The lowest BCUT2D eigenvalue weighted by Crippen LogP contribution is -2.19. The number of fused-ring (bicyclic) bond motifs is 2. The van der Waals surface area contributed by atoms with E-state index < -0.39 is 0 Å². The molecule has 0 atom stereocenters. The zero-order valence-electron chi connectivity index (χ0n) is 13.6. The fourth-order valence-electron chi connectivity index (χ4n) is 3.06. The molecule has 0 amide bonds. The molecular formula is C22H19NO. The van der Waals surface area contributed by atoms with Gasteiger partial charge in [-0.2, -0.15) is 0 Å². The maximum atomic E-state index is 6.15. The van der Waals surface area contributed by atoms with Crippen LogP contribution < -0.4 is 9.64 Å². The van der Waals surface area contributed by atoms with Crippen LogP contribution in [-0.4, -0.2) is 13.6 Å². The number of hydrogen-bond acceptors (Lipinski definition) is 2. The first-order valence-electron chi connectivity index (χ1n) is 8.14. The number of ether oxygens (including phenoxy) is 1. The van der Waals surface area contributed by atoms with Crippen LogP contribution in [0, 0.1) is 0 Å². The summed E-state index contributed by atoms with van der Waals surface area (Å²) < 4.78 is 6.15. The summed E-state index contributed by atoms with van der Waals surface area (Å²) in [4.78, 5) is 2.26. The van der Waals surface area contributed by atoms with Crippen LogP contribution in [0.1, 0.15) is 11.1 Å². The maximum Gasteiger partial charge on any atom is 0.135 e. The number of para-hydroxylation sites is 3. The van der Waals surface area contributed by atoms with Crippen molar-refractivity contribution in [3.8, 4) is 11.5 Å². The third-order valence-corrected chi connectivity index (χ3v) is 4.31. The Labute approximate surface area is 142 Å². The van der Waals surface area contributed by atoms with Crippen molar-refractivity contribution in [2.24, 2.45) is 0 Å². The van der Waals surface area contributed by atoms with Gasteiger partial charge in [0.05, 0.1) is 0 Å². The van der Waals surface area contributed by atoms with Crippen LogP contribution in [0.25, 0.3) is 11.6 Å². The van der Waals surface area contributed by atoms with Crippen molar-refractivity contribution in [1.29, 1.82) is 0 Å². The van der Waals surface area contributed by atoms with Crippen molar-refractivity contribution in [2.75, 3.05) is 18.5 Å². The molecule has 2 heteroatoms. The van der Waals surface area contributed by atoms with E-state index in [0.717, 1.165) is 29.2 Å². The molecule has 0 radical (unpaired) electrons. The molecule has 3 aromatic rings. The number of likely N-dealkylation sites (N-methyl/N-ethyl adjacent to an activating group) is 1. The highest BCUT2D eigenvalue weighted by Gasteiger charge is 2.17. The van der Waals surface area contributed by atoms with Crippen molar-refractivity contribution in [3.63, 3.8) is 0 Å². The summed E-state index contributed by atoms with van der Waals surface area (Å²) in [7, 11) is 2.12. The molecule has 0 aromatic heterocycles. The zero-order valence-corrected chi connectivity index (χ0v) is 13.6. The second kappa shape index (κ2) is 6.25. The quantitative estimate of drug-likeness (QED) is 0.636. The normalized spacial score (nSPS) is 12.3. The molecule has 1 aliphatic rings. The lowest BCUT2D eigenvalue weighted by atomic mass is 10.0. The Bertz CT molecular complexity index is 883. The predicted molar refractivity (Wildman–Crippen MR) is 101 cm³/mol. The van der Waals surface area contributed by atoms with Crippen LogP contribution in [-0.2, 0) is 0 Å². The van der Waals surface area contributed by atoms with Crippen LogP contribution in [0.4, 0.5) is 5.69 Å². The molecule has 0 saturated heterocycles. The summed E-state index contributed by atoms with van der Waals surface area (Å²) in [5.74, 6) is 1.82. The summed E-state index contributed by atoms with van der Waals surface area (Å²) in [6.07, 6.45) is 2.24. The third kappa shape index (κ3) is 2.79. The fourth-order valence-corrected chi connectivity index (χ4v) is 3.06. The second-order valence-corrected chi connectivity index (χ2v) is 6.00. The van der Waals surface area contributed by atoms with E-state index in [9.17, 15) is 0 Å². The highest BCUT2D eigenvalue weighted by Crippen LogP contribution is 2.38. The Kier molecular flexibility index (Phi) is 3.80. The maximum absolute atomic E-state index is 6.15. The molecule has 24 heavy (non-hydrogen) atoms. The van der Waals surface area contributed by atoms with Crippen LogP contribution >= 0.6 is 0 Å². The SMILES string of the molecule is CN(CC1=Cc2ccccc2Oc2ccccc21)c1ccccc1. The first-order valence-corrected chi connectivity index (χ1v) is 8.14. The van der Waals surface area contributed by atoms with Crippen LogP contribution in [0.2, 0.25) is 0 Å². The number of anilines is 1. The molecule has 118 valence electrons. The number of rotatable bonds is 3. The summed E-state index contributed by atoms with van der Waals surface area (Å²) >= 11 is 0. The van der Waals surface area contributed by atoms with Gasteiger partial charge in [-0.15, -0.1) is 0 Å². The minimum atomic E-state index is 0.818. The zero-order chi connectivity index (χ0) is 16.4. The highest BCUT2D eigenvalue weighted by molar-refractivity contribution is 5.89. The minimum absolute atomic E-state index is 0.818. The van der Waals surface area contributed by atoms with Gasteiger partial charge in [-0.05, 0) is 35.9 Å². The first-order chi connectivity index (χ1) is 11.8. The molecule has 0 fully saturated rings. The molecule has 0 saturated carbocycles. The number of nitrogens with zero attached hydrogens (tertiary/aromatic N) is 1.